The maximum atomic E-state index is 12.6. The molecule has 5 heteroatoms. The quantitative estimate of drug-likeness (QED) is 0.732. The minimum Gasteiger partial charge on any atom is -0.384 e. The lowest BCUT2D eigenvalue weighted by Crippen LogP contribution is -2.38. The van der Waals surface area contributed by atoms with Crippen LogP contribution in [0.4, 0.5) is 5.69 Å². The van der Waals surface area contributed by atoms with Crippen molar-refractivity contribution in [1.82, 2.24) is 4.72 Å². The molecule has 0 saturated carbocycles. The molecule has 1 aromatic rings. The molecule has 1 atom stereocenters. The number of nitrogens with one attached hydrogen (secondary N) is 2. The molecule has 0 aliphatic carbocycles. The summed E-state index contributed by atoms with van der Waals surface area (Å²) in [6.07, 6.45) is 2.89. The molecule has 120 valence electrons. The van der Waals surface area contributed by atoms with Gasteiger partial charge in [-0.3, -0.25) is 0 Å². The Morgan fingerprint density at radius 1 is 1.10 bits per heavy atom. The number of benzene rings is 1. The summed E-state index contributed by atoms with van der Waals surface area (Å²) >= 11 is 0. The Bertz CT molecular complexity index is 525. The first-order valence-electron chi connectivity index (χ1n) is 7.81. The molecule has 0 bridgehead atoms. The van der Waals surface area contributed by atoms with Gasteiger partial charge in [-0.25, -0.2) is 13.1 Å². The van der Waals surface area contributed by atoms with Gasteiger partial charge in [0.05, 0.1) is 5.69 Å². The Kier molecular flexibility index (Phi) is 7.18. The standard InChI is InChI=1S/C16H28N2O2S/c1-5-12-17-15-10-8-9-11-16(15)21(19,20)18-13(4)14(6-2)7-3/h8-11,13-14,17-18H,5-7,12H2,1-4H3. The van der Waals surface area contributed by atoms with Crippen molar-refractivity contribution in [2.45, 2.75) is 57.9 Å². The summed E-state index contributed by atoms with van der Waals surface area (Å²) in [6, 6.07) is 7.00. The Labute approximate surface area is 129 Å². The molecule has 1 aromatic carbocycles. The number of hydrogen-bond donors (Lipinski definition) is 2. The van der Waals surface area contributed by atoms with Crippen LogP contribution in [0.15, 0.2) is 29.2 Å². The molecule has 0 aliphatic heterocycles. The van der Waals surface area contributed by atoms with E-state index in [9.17, 15) is 8.42 Å². The molecule has 0 heterocycles. The van der Waals surface area contributed by atoms with E-state index in [4.69, 9.17) is 0 Å². The fourth-order valence-corrected chi connectivity index (χ4v) is 4.00. The lowest BCUT2D eigenvalue weighted by molar-refractivity contribution is 0.391. The van der Waals surface area contributed by atoms with Crippen LogP contribution in [0.3, 0.4) is 0 Å². The van der Waals surface area contributed by atoms with Gasteiger partial charge in [0.2, 0.25) is 10.0 Å². The van der Waals surface area contributed by atoms with Crippen molar-refractivity contribution in [2.75, 3.05) is 11.9 Å². The lowest BCUT2D eigenvalue weighted by atomic mass is 9.96. The van der Waals surface area contributed by atoms with Crippen molar-refractivity contribution in [2.24, 2.45) is 5.92 Å². The molecule has 0 aromatic heterocycles. The maximum absolute atomic E-state index is 12.6. The van der Waals surface area contributed by atoms with Gasteiger partial charge >= 0.3 is 0 Å². The van der Waals surface area contributed by atoms with Crippen molar-refractivity contribution in [3.05, 3.63) is 24.3 Å². The molecule has 0 spiro atoms. The topological polar surface area (TPSA) is 58.2 Å². The second-order valence-electron chi connectivity index (χ2n) is 5.41. The minimum atomic E-state index is -3.50. The average Bonchev–Trinajstić information content (AvgIpc) is 2.46. The molecule has 2 N–H and O–H groups in total. The average molecular weight is 312 g/mol. The molecular weight excluding hydrogens is 284 g/mol. The Hall–Kier alpha value is -1.07. The van der Waals surface area contributed by atoms with E-state index in [2.05, 4.69) is 30.8 Å². The van der Waals surface area contributed by atoms with Crippen molar-refractivity contribution >= 4 is 15.7 Å². The zero-order valence-electron chi connectivity index (χ0n) is 13.5. The van der Waals surface area contributed by atoms with Gasteiger partial charge in [-0.1, -0.05) is 45.7 Å². The molecule has 0 amide bonds. The highest BCUT2D eigenvalue weighted by Crippen LogP contribution is 2.22. The zero-order valence-corrected chi connectivity index (χ0v) is 14.3. The van der Waals surface area contributed by atoms with E-state index >= 15 is 0 Å². The second-order valence-corrected chi connectivity index (χ2v) is 7.09. The van der Waals surface area contributed by atoms with Crippen LogP contribution in [-0.4, -0.2) is 21.0 Å². The van der Waals surface area contributed by atoms with E-state index in [1.165, 1.54) is 0 Å². The first-order chi connectivity index (χ1) is 9.96. The first-order valence-corrected chi connectivity index (χ1v) is 9.29. The highest BCUT2D eigenvalue weighted by Gasteiger charge is 2.23. The number of anilines is 1. The van der Waals surface area contributed by atoms with Crippen LogP contribution in [0.2, 0.25) is 0 Å². The van der Waals surface area contributed by atoms with Gasteiger partial charge in [-0.15, -0.1) is 0 Å². The van der Waals surface area contributed by atoms with E-state index < -0.39 is 10.0 Å². The Morgan fingerprint density at radius 2 is 1.71 bits per heavy atom. The molecular formula is C16H28N2O2S. The fraction of sp³-hybridized carbons (Fsp3) is 0.625. The normalized spacial score (nSPS) is 13.4. The molecule has 21 heavy (non-hydrogen) atoms. The largest absolute Gasteiger partial charge is 0.384 e. The predicted molar refractivity (Wildman–Crippen MR) is 89.1 cm³/mol. The molecule has 0 fully saturated rings. The van der Waals surface area contributed by atoms with Gasteiger partial charge in [0.1, 0.15) is 4.90 Å². The zero-order chi connectivity index (χ0) is 15.9. The molecule has 0 radical (unpaired) electrons. The van der Waals surface area contributed by atoms with Gasteiger partial charge in [0, 0.05) is 12.6 Å². The molecule has 1 rings (SSSR count). The van der Waals surface area contributed by atoms with Gasteiger partial charge in [0.15, 0.2) is 0 Å². The van der Waals surface area contributed by atoms with Crippen LogP contribution in [0, 0.1) is 5.92 Å². The summed E-state index contributed by atoms with van der Waals surface area (Å²) in [7, 11) is -3.50. The third kappa shape index (κ3) is 5.00. The van der Waals surface area contributed by atoms with E-state index in [0.29, 0.717) is 16.5 Å². The van der Waals surface area contributed by atoms with Crippen LogP contribution in [0.5, 0.6) is 0 Å². The van der Waals surface area contributed by atoms with Crippen LogP contribution in [0.1, 0.15) is 47.0 Å². The smallest absolute Gasteiger partial charge is 0.242 e. The highest BCUT2D eigenvalue weighted by molar-refractivity contribution is 7.89. The van der Waals surface area contributed by atoms with Crippen LogP contribution in [0.25, 0.3) is 0 Å². The highest BCUT2D eigenvalue weighted by atomic mass is 32.2. The molecule has 0 saturated heterocycles. The van der Waals surface area contributed by atoms with Gasteiger partial charge < -0.3 is 5.32 Å². The maximum Gasteiger partial charge on any atom is 0.242 e. The molecule has 0 aliphatic rings. The second kappa shape index (κ2) is 8.39. The van der Waals surface area contributed by atoms with Gasteiger partial charge in [-0.2, -0.15) is 0 Å². The van der Waals surface area contributed by atoms with Crippen molar-refractivity contribution in [3.63, 3.8) is 0 Å². The predicted octanol–water partition coefficient (Wildman–Crippen LogP) is 3.61. The van der Waals surface area contributed by atoms with Crippen LogP contribution >= 0.6 is 0 Å². The van der Waals surface area contributed by atoms with E-state index in [-0.39, 0.29) is 6.04 Å². The first kappa shape index (κ1) is 18.0. The Morgan fingerprint density at radius 3 is 2.29 bits per heavy atom. The van der Waals surface area contributed by atoms with Crippen LogP contribution in [-0.2, 0) is 10.0 Å². The lowest BCUT2D eigenvalue weighted by Gasteiger charge is -2.23. The Balaban J connectivity index is 2.97. The number of hydrogen-bond acceptors (Lipinski definition) is 3. The third-order valence-electron chi connectivity index (χ3n) is 3.84. The van der Waals surface area contributed by atoms with E-state index in [1.54, 1.807) is 12.1 Å². The monoisotopic (exact) mass is 312 g/mol. The van der Waals surface area contributed by atoms with Crippen molar-refractivity contribution < 1.29 is 8.42 Å². The third-order valence-corrected chi connectivity index (χ3v) is 5.46. The summed E-state index contributed by atoms with van der Waals surface area (Å²) in [5.41, 5.74) is 0.670. The molecule has 4 nitrogen and oxygen atoms in total. The SMILES string of the molecule is CCCNc1ccccc1S(=O)(=O)NC(C)C(CC)CC. The number of rotatable bonds is 9. The van der Waals surface area contributed by atoms with E-state index in [1.807, 2.05) is 19.1 Å². The number of sulfonamides is 1. The summed E-state index contributed by atoms with van der Waals surface area (Å²) in [5, 5.41) is 3.18. The van der Waals surface area contributed by atoms with Crippen LogP contribution < -0.4 is 10.0 Å². The van der Waals surface area contributed by atoms with Crippen molar-refractivity contribution in [1.29, 1.82) is 0 Å². The van der Waals surface area contributed by atoms with Crippen molar-refractivity contribution in [3.8, 4) is 0 Å². The van der Waals surface area contributed by atoms with Gasteiger partial charge in [0.25, 0.3) is 0 Å². The van der Waals surface area contributed by atoms with E-state index in [0.717, 1.165) is 25.8 Å². The number of para-hydroxylation sites is 1. The summed E-state index contributed by atoms with van der Waals surface area (Å²) < 4.78 is 28.0. The fourth-order valence-electron chi connectivity index (χ4n) is 2.51. The van der Waals surface area contributed by atoms with Gasteiger partial charge in [-0.05, 0) is 31.4 Å². The summed E-state index contributed by atoms with van der Waals surface area (Å²) in [6.45, 7) is 8.94. The minimum absolute atomic E-state index is 0.0655. The molecule has 1 unspecified atom stereocenters. The summed E-state index contributed by atoms with van der Waals surface area (Å²) in [5.74, 6) is 0.357. The summed E-state index contributed by atoms with van der Waals surface area (Å²) in [4.78, 5) is 0.330.